The second-order valence-electron chi connectivity index (χ2n) is 7.67. The van der Waals surface area contributed by atoms with Crippen LogP contribution in [0.3, 0.4) is 0 Å². The van der Waals surface area contributed by atoms with Crippen molar-refractivity contribution in [3.63, 3.8) is 0 Å². The van der Waals surface area contributed by atoms with Crippen molar-refractivity contribution in [3.05, 3.63) is 47.3 Å². The molecule has 2 amide bonds. The summed E-state index contributed by atoms with van der Waals surface area (Å²) in [6, 6.07) is 7.63. The van der Waals surface area contributed by atoms with E-state index in [1.165, 1.54) is 19.1 Å². The molecule has 0 aliphatic heterocycles. The number of alkyl halides is 3. The van der Waals surface area contributed by atoms with E-state index in [1.54, 1.807) is 39.0 Å². The third-order valence-electron chi connectivity index (χ3n) is 3.76. The molecule has 0 aliphatic carbocycles. The smallest absolute Gasteiger partial charge is 0.435 e. The highest BCUT2D eigenvalue weighted by molar-refractivity contribution is 5.93. The Hall–Kier alpha value is -3.55. The van der Waals surface area contributed by atoms with Crippen LogP contribution in [0, 0.1) is 11.3 Å². The lowest BCUT2D eigenvalue weighted by Crippen LogP contribution is -2.33. The molecule has 0 saturated heterocycles. The second kappa shape index (κ2) is 9.07. The van der Waals surface area contributed by atoms with E-state index in [4.69, 9.17) is 10.00 Å². The van der Waals surface area contributed by atoms with Gasteiger partial charge in [-0.15, -0.1) is 0 Å². The molecule has 166 valence electrons. The molecule has 1 heterocycles. The summed E-state index contributed by atoms with van der Waals surface area (Å²) in [5, 5.41) is 17.2. The van der Waals surface area contributed by atoms with Crippen molar-refractivity contribution in [3.8, 4) is 11.8 Å². The van der Waals surface area contributed by atoms with Crippen LogP contribution in [0.2, 0.25) is 0 Å². The number of nitriles is 1. The zero-order chi connectivity index (χ0) is 23.4. The SMILES string of the molecule is CC(C#N)NC(=O)c1cc(C(F)(F)F)nn1-c1cccc(CNC(=O)OC(C)(C)C)c1. The van der Waals surface area contributed by atoms with Crippen molar-refractivity contribution in [2.75, 3.05) is 0 Å². The van der Waals surface area contributed by atoms with Crippen LogP contribution in [0.15, 0.2) is 30.3 Å². The summed E-state index contributed by atoms with van der Waals surface area (Å²) in [7, 11) is 0. The number of halogens is 3. The number of hydrogen-bond donors (Lipinski definition) is 2. The quantitative estimate of drug-likeness (QED) is 0.744. The van der Waals surface area contributed by atoms with E-state index in [9.17, 15) is 22.8 Å². The Morgan fingerprint density at radius 3 is 2.52 bits per heavy atom. The Labute approximate surface area is 177 Å². The number of nitrogens with one attached hydrogen (secondary N) is 2. The third-order valence-corrected chi connectivity index (χ3v) is 3.76. The maximum absolute atomic E-state index is 13.2. The number of hydrogen-bond acceptors (Lipinski definition) is 5. The fraction of sp³-hybridized carbons (Fsp3) is 0.400. The molecule has 8 nitrogen and oxygen atoms in total. The van der Waals surface area contributed by atoms with Gasteiger partial charge in [0.1, 0.15) is 17.3 Å². The Balaban J connectivity index is 2.34. The highest BCUT2D eigenvalue weighted by Crippen LogP contribution is 2.29. The van der Waals surface area contributed by atoms with Crippen molar-refractivity contribution in [2.45, 2.75) is 52.1 Å². The zero-order valence-electron chi connectivity index (χ0n) is 17.4. The minimum absolute atomic E-state index is 0.0448. The monoisotopic (exact) mass is 437 g/mol. The first kappa shape index (κ1) is 23.7. The van der Waals surface area contributed by atoms with Crippen LogP contribution in [-0.2, 0) is 17.5 Å². The molecular formula is C20H22F3N5O3. The van der Waals surface area contributed by atoms with E-state index in [0.717, 1.165) is 4.68 Å². The van der Waals surface area contributed by atoms with Crippen LogP contribution in [0.4, 0.5) is 18.0 Å². The van der Waals surface area contributed by atoms with Crippen molar-refractivity contribution in [1.82, 2.24) is 20.4 Å². The van der Waals surface area contributed by atoms with E-state index in [0.29, 0.717) is 11.6 Å². The molecule has 0 spiro atoms. The third kappa shape index (κ3) is 6.74. The van der Waals surface area contributed by atoms with Gasteiger partial charge in [0.15, 0.2) is 5.69 Å². The number of aromatic nitrogens is 2. The minimum Gasteiger partial charge on any atom is -0.444 e. The van der Waals surface area contributed by atoms with Crippen LogP contribution in [0.25, 0.3) is 5.69 Å². The topological polar surface area (TPSA) is 109 Å². The Morgan fingerprint density at radius 1 is 1.26 bits per heavy atom. The van der Waals surface area contributed by atoms with Gasteiger partial charge in [0.05, 0.1) is 11.8 Å². The molecule has 2 aromatic rings. The molecule has 0 aliphatic rings. The Bertz CT molecular complexity index is 1000. The summed E-state index contributed by atoms with van der Waals surface area (Å²) < 4.78 is 45.6. The summed E-state index contributed by atoms with van der Waals surface area (Å²) in [6.07, 6.45) is -5.42. The predicted octanol–water partition coefficient (Wildman–Crippen LogP) is 3.56. The van der Waals surface area contributed by atoms with Gasteiger partial charge in [-0.3, -0.25) is 4.79 Å². The van der Waals surface area contributed by atoms with Gasteiger partial charge in [0.25, 0.3) is 5.91 Å². The Morgan fingerprint density at radius 2 is 1.94 bits per heavy atom. The summed E-state index contributed by atoms with van der Waals surface area (Å²) in [5.41, 5.74) is -1.60. The minimum atomic E-state index is -4.77. The first-order chi connectivity index (χ1) is 14.3. The number of carbonyl (C=O) groups excluding carboxylic acids is 2. The van der Waals surface area contributed by atoms with Gasteiger partial charge in [0, 0.05) is 12.6 Å². The molecule has 0 saturated carbocycles. The lowest BCUT2D eigenvalue weighted by Gasteiger charge is -2.19. The highest BCUT2D eigenvalue weighted by atomic mass is 19.4. The summed E-state index contributed by atoms with van der Waals surface area (Å²) in [6.45, 7) is 6.57. The molecule has 0 fully saturated rings. The fourth-order valence-electron chi connectivity index (χ4n) is 2.47. The Kier molecular flexibility index (Phi) is 6.95. The van der Waals surface area contributed by atoms with Gasteiger partial charge >= 0.3 is 12.3 Å². The molecule has 1 aromatic heterocycles. The lowest BCUT2D eigenvalue weighted by molar-refractivity contribution is -0.141. The van der Waals surface area contributed by atoms with Crippen LogP contribution in [-0.4, -0.2) is 33.4 Å². The maximum Gasteiger partial charge on any atom is 0.435 e. The van der Waals surface area contributed by atoms with Gasteiger partial charge in [-0.05, 0) is 45.4 Å². The van der Waals surface area contributed by atoms with E-state index >= 15 is 0 Å². The number of rotatable bonds is 5. The first-order valence-electron chi connectivity index (χ1n) is 9.24. The molecule has 1 unspecified atom stereocenters. The van der Waals surface area contributed by atoms with Crippen molar-refractivity contribution in [1.29, 1.82) is 5.26 Å². The van der Waals surface area contributed by atoms with E-state index < -0.39 is 35.5 Å². The molecule has 2 rings (SSSR count). The molecule has 0 radical (unpaired) electrons. The van der Waals surface area contributed by atoms with Crippen LogP contribution < -0.4 is 10.6 Å². The number of ether oxygens (including phenoxy) is 1. The number of carbonyl (C=O) groups is 2. The molecule has 1 atom stereocenters. The summed E-state index contributed by atoms with van der Waals surface area (Å²) >= 11 is 0. The number of amides is 2. The van der Waals surface area contributed by atoms with Gasteiger partial charge < -0.3 is 15.4 Å². The predicted molar refractivity (Wildman–Crippen MR) is 104 cm³/mol. The average Bonchev–Trinajstić information content (AvgIpc) is 3.11. The van der Waals surface area contributed by atoms with Crippen molar-refractivity contribution in [2.24, 2.45) is 0 Å². The number of nitrogens with zero attached hydrogens (tertiary/aromatic N) is 3. The highest BCUT2D eigenvalue weighted by Gasteiger charge is 2.36. The lowest BCUT2D eigenvalue weighted by atomic mass is 10.2. The summed E-state index contributed by atoms with van der Waals surface area (Å²) in [5.74, 6) is -0.880. The van der Waals surface area contributed by atoms with E-state index in [1.807, 2.05) is 0 Å². The van der Waals surface area contributed by atoms with Crippen LogP contribution in [0.1, 0.15) is 49.4 Å². The molecule has 1 aromatic carbocycles. The van der Waals surface area contributed by atoms with Crippen LogP contribution in [0.5, 0.6) is 0 Å². The molecule has 0 bridgehead atoms. The summed E-state index contributed by atoms with van der Waals surface area (Å²) in [4.78, 5) is 24.2. The standard InChI is InChI=1S/C20H22F3N5O3/c1-12(10-24)26-17(29)15-9-16(20(21,22)23)27-28(15)14-7-5-6-13(8-14)11-25-18(30)31-19(2,3)4/h5-9,12H,11H2,1-4H3,(H,25,30)(H,26,29). The molecule has 11 heteroatoms. The zero-order valence-corrected chi connectivity index (χ0v) is 17.4. The van der Waals surface area contributed by atoms with Gasteiger partial charge in [0.2, 0.25) is 0 Å². The normalized spacial score (nSPS) is 12.6. The maximum atomic E-state index is 13.2. The van der Waals surface area contributed by atoms with E-state index in [2.05, 4.69) is 15.7 Å². The van der Waals surface area contributed by atoms with Gasteiger partial charge in [-0.2, -0.15) is 23.5 Å². The average molecular weight is 437 g/mol. The number of benzene rings is 1. The molecule has 2 N–H and O–H groups in total. The van der Waals surface area contributed by atoms with E-state index in [-0.39, 0.29) is 17.9 Å². The van der Waals surface area contributed by atoms with Crippen molar-refractivity contribution >= 4 is 12.0 Å². The molecular weight excluding hydrogens is 415 g/mol. The number of alkyl carbamates (subject to hydrolysis) is 1. The fourth-order valence-corrected chi connectivity index (χ4v) is 2.47. The largest absolute Gasteiger partial charge is 0.444 e. The van der Waals surface area contributed by atoms with Gasteiger partial charge in [-0.25, -0.2) is 9.48 Å². The molecule has 31 heavy (non-hydrogen) atoms. The van der Waals surface area contributed by atoms with Crippen molar-refractivity contribution < 1.29 is 27.5 Å². The first-order valence-corrected chi connectivity index (χ1v) is 9.24. The van der Waals surface area contributed by atoms with Gasteiger partial charge in [-0.1, -0.05) is 12.1 Å². The van der Waals surface area contributed by atoms with Crippen LogP contribution >= 0.6 is 0 Å². The second-order valence-corrected chi connectivity index (χ2v) is 7.67.